The fraction of sp³-hybridized carbons (Fsp3) is 0.588. The molecule has 132 valence electrons. The summed E-state index contributed by atoms with van der Waals surface area (Å²) in [6.45, 7) is 4.09. The molecule has 1 unspecified atom stereocenters. The Labute approximate surface area is 147 Å². The van der Waals surface area contributed by atoms with Crippen molar-refractivity contribution in [3.8, 4) is 5.75 Å². The molecule has 2 saturated heterocycles. The van der Waals surface area contributed by atoms with Crippen molar-refractivity contribution in [3.63, 3.8) is 0 Å². The summed E-state index contributed by atoms with van der Waals surface area (Å²) in [7, 11) is 1.60. The minimum Gasteiger partial charge on any atom is -0.495 e. The third-order valence-electron chi connectivity index (χ3n) is 4.70. The molecule has 1 aromatic carbocycles. The molecular formula is C17H25N3O3S. The molecule has 2 aliphatic heterocycles. The first-order chi connectivity index (χ1) is 11.7. The van der Waals surface area contributed by atoms with Crippen molar-refractivity contribution in [1.29, 1.82) is 0 Å². The molecular weight excluding hydrogens is 326 g/mol. The Balaban J connectivity index is 1.59. The van der Waals surface area contributed by atoms with Crippen LogP contribution >= 0.6 is 11.8 Å². The monoisotopic (exact) mass is 351 g/mol. The average Bonchev–Trinajstić information content (AvgIpc) is 3.11. The molecule has 2 amide bonds. The molecule has 1 atom stereocenters. The molecule has 6 nitrogen and oxygen atoms in total. The minimum atomic E-state index is -0.191. The smallest absolute Gasteiger partial charge is 0.319 e. The second-order valence-electron chi connectivity index (χ2n) is 6.13. The van der Waals surface area contributed by atoms with E-state index in [2.05, 4.69) is 15.5 Å². The first-order valence-corrected chi connectivity index (χ1v) is 9.47. The van der Waals surface area contributed by atoms with Crippen molar-refractivity contribution in [2.45, 2.75) is 12.0 Å². The number of benzene rings is 1. The van der Waals surface area contributed by atoms with Crippen molar-refractivity contribution in [2.24, 2.45) is 0 Å². The number of para-hydroxylation sites is 2. The average molecular weight is 351 g/mol. The molecule has 0 aromatic heterocycles. The lowest BCUT2D eigenvalue weighted by atomic mass is 9.95. The summed E-state index contributed by atoms with van der Waals surface area (Å²) in [4.78, 5) is 14.8. The molecule has 2 fully saturated rings. The Bertz CT molecular complexity index is 558. The molecule has 0 aliphatic carbocycles. The molecule has 2 heterocycles. The van der Waals surface area contributed by atoms with Gasteiger partial charge in [-0.2, -0.15) is 11.8 Å². The number of urea groups is 1. The molecule has 2 aliphatic rings. The van der Waals surface area contributed by atoms with Crippen molar-refractivity contribution >= 4 is 23.5 Å². The molecule has 0 saturated carbocycles. The highest BCUT2D eigenvalue weighted by atomic mass is 32.2. The van der Waals surface area contributed by atoms with E-state index >= 15 is 0 Å². The van der Waals surface area contributed by atoms with Gasteiger partial charge in [-0.3, -0.25) is 4.90 Å². The van der Waals surface area contributed by atoms with Gasteiger partial charge in [0.05, 0.1) is 26.0 Å². The highest BCUT2D eigenvalue weighted by Gasteiger charge is 2.40. The van der Waals surface area contributed by atoms with Crippen LogP contribution in [-0.2, 0) is 4.74 Å². The van der Waals surface area contributed by atoms with E-state index in [9.17, 15) is 4.79 Å². The normalized spacial score (nSPS) is 24.5. The number of morpholine rings is 1. The van der Waals surface area contributed by atoms with Gasteiger partial charge in [0.25, 0.3) is 0 Å². The van der Waals surface area contributed by atoms with Gasteiger partial charge in [0.1, 0.15) is 5.75 Å². The number of methoxy groups -OCH3 is 1. The Morgan fingerprint density at radius 3 is 2.88 bits per heavy atom. The number of carbonyl (C=O) groups is 1. The summed E-state index contributed by atoms with van der Waals surface area (Å²) in [5.41, 5.74) is 0.728. The van der Waals surface area contributed by atoms with Crippen LogP contribution in [0.2, 0.25) is 0 Å². The summed E-state index contributed by atoms with van der Waals surface area (Å²) in [6, 6.07) is 7.23. The number of carbonyl (C=O) groups excluding carboxylic acids is 1. The maximum atomic E-state index is 12.3. The van der Waals surface area contributed by atoms with Gasteiger partial charge in [0.2, 0.25) is 0 Å². The maximum absolute atomic E-state index is 12.3. The van der Waals surface area contributed by atoms with E-state index < -0.39 is 0 Å². The predicted molar refractivity (Wildman–Crippen MR) is 97.1 cm³/mol. The maximum Gasteiger partial charge on any atom is 0.319 e. The molecule has 0 radical (unpaired) electrons. The van der Waals surface area contributed by atoms with Crippen LogP contribution < -0.4 is 15.4 Å². The van der Waals surface area contributed by atoms with Gasteiger partial charge in [-0.25, -0.2) is 4.79 Å². The van der Waals surface area contributed by atoms with Gasteiger partial charge < -0.3 is 20.1 Å². The topological polar surface area (TPSA) is 62.8 Å². The number of nitrogens with one attached hydrogen (secondary N) is 2. The number of rotatable bonds is 5. The van der Waals surface area contributed by atoms with Gasteiger partial charge in [0.15, 0.2) is 0 Å². The van der Waals surface area contributed by atoms with Crippen molar-refractivity contribution in [2.75, 3.05) is 56.8 Å². The fourth-order valence-corrected chi connectivity index (χ4v) is 4.77. The first kappa shape index (κ1) is 17.4. The number of ether oxygens (including phenoxy) is 2. The van der Waals surface area contributed by atoms with E-state index in [1.54, 1.807) is 7.11 Å². The fourth-order valence-electron chi connectivity index (χ4n) is 3.29. The summed E-state index contributed by atoms with van der Waals surface area (Å²) >= 11 is 1.96. The van der Waals surface area contributed by atoms with Crippen LogP contribution in [0.3, 0.4) is 0 Å². The zero-order valence-corrected chi connectivity index (χ0v) is 14.9. The van der Waals surface area contributed by atoms with Gasteiger partial charge in [0, 0.05) is 30.9 Å². The van der Waals surface area contributed by atoms with Crippen LogP contribution in [0.15, 0.2) is 24.3 Å². The van der Waals surface area contributed by atoms with E-state index in [1.807, 2.05) is 36.0 Å². The van der Waals surface area contributed by atoms with Crippen LogP contribution in [0.25, 0.3) is 0 Å². The number of nitrogens with zero attached hydrogens (tertiary/aromatic N) is 1. The highest BCUT2D eigenvalue weighted by molar-refractivity contribution is 7.99. The molecule has 0 spiro atoms. The van der Waals surface area contributed by atoms with E-state index in [-0.39, 0.29) is 11.6 Å². The van der Waals surface area contributed by atoms with E-state index in [0.717, 1.165) is 44.2 Å². The number of hydrogen-bond acceptors (Lipinski definition) is 5. The largest absolute Gasteiger partial charge is 0.495 e. The van der Waals surface area contributed by atoms with Gasteiger partial charge >= 0.3 is 6.03 Å². The highest BCUT2D eigenvalue weighted by Crippen LogP contribution is 2.33. The van der Waals surface area contributed by atoms with Crippen molar-refractivity contribution < 1.29 is 14.3 Å². The number of hydrogen-bond donors (Lipinski definition) is 2. The molecule has 2 N–H and O–H groups in total. The van der Waals surface area contributed by atoms with Gasteiger partial charge in [-0.1, -0.05) is 12.1 Å². The summed E-state index contributed by atoms with van der Waals surface area (Å²) < 4.78 is 10.7. The summed E-state index contributed by atoms with van der Waals surface area (Å²) in [5, 5.41) is 5.94. The van der Waals surface area contributed by atoms with Crippen LogP contribution in [-0.4, -0.2) is 67.9 Å². The Hall–Kier alpha value is -1.44. The first-order valence-electron chi connectivity index (χ1n) is 8.32. The molecule has 1 aromatic rings. The van der Waals surface area contributed by atoms with Crippen LogP contribution in [0.5, 0.6) is 5.75 Å². The molecule has 0 bridgehead atoms. The minimum absolute atomic E-state index is 0.0482. The number of thioether (sulfide) groups is 1. The molecule has 24 heavy (non-hydrogen) atoms. The molecule has 3 rings (SSSR count). The van der Waals surface area contributed by atoms with E-state index in [4.69, 9.17) is 9.47 Å². The van der Waals surface area contributed by atoms with Crippen LogP contribution in [0.4, 0.5) is 10.5 Å². The molecule has 7 heteroatoms. The summed E-state index contributed by atoms with van der Waals surface area (Å²) in [5.74, 6) is 2.86. The quantitative estimate of drug-likeness (QED) is 0.850. The van der Waals surface area contributed by atoms with Gasteiger partial charge in [-0.15, -0.1) is 0 Å². The number of amides is 2. The third-order valence-corrected chi connectivity index (χ3v) is 5.93. The SMILES string of the molecule is COc1ccccc1NC(=O)NCC1(N2CCOCC2)CCSC1. The second kappa shape index (κ2) is 8.09. The Kier molecular flexibility index (Phi) is 5.86. The van der Waals surface area contributed by atoms with Crippen molar-refractivity contribution in [1.82, 2.24) is 10.2 Å². The van der Waals surface area contributed by atoms with Crippen LogP contribution in [0, 0.1) is 0 Å². The van der Waals surface area contributed by atoms with Crippen LogP contribution in [0.1, 0.15) is 6.42 Å². The lowest BCUT2D eigenvalue weighted by Crippen LogP contribution is -2.59. The Morgan fingerprint density at radius 1 is 1.38 bits per heavy atom. The second-order valence-corrected chi connectivity index (χ2v) is 7.24. The zero-order valence-electron chi connectivity index (χ0n) is 14.0. The summed E-state index contributed by atoms with van der Waals surface area (Å²) in [6.07, 6.45) is 1.10. The zero-order chi connectivity index (χ0) is 16.8. The standard InChI is InChI=1S/C17H25N3O3S/c1-22-15-5-3-2-4-14(15)19-16(21)18-12-17(6-11-24-13-17)20-7-9-23-10-8-20/h2-5H,6-13H2,1H3,(H2,18,19,21). The Morgan fingerprint density at radius 2 is 2.17 bits per heavy atom. The number of anilines is 1. The third kappa shape index (κ3) is 3.96. The van der Waals surface area contributed by atoms with Gasteiger partial charge in [-0.05, 0) is 24.3 Å². The lowest BCUT2D eigenvalue weighted by molar-refractivity contribution is -0.0123. The predicted octanol–water partition coefficient (Wildman–Crippen LogP) is 2.02. The lowest BCUT2D eigenvalue weighted by Gasteiger charge is -2.43. The van der Waals surface area contributed by atoms with E-state index in [0.29, 0.717) is 18.0 Å². The van der Waals surface area contributed by atoms with Crippen molar-refractivity contribution in [3.05, 3.63) is 24.3 Å². The van der Waals surface area contributed by atoms with E-state index in [1.165, 1.54) is 0 Å².